The summed E-state index contributed by atoms with van der Waals surface area (Å²) in [6, 6.07) is 24.8. The summed E-state index contributed by atoms with van der Waals surface area (Å²) in [6.07, 6.45) is 0.589. The average Bonchev–Trinajstić information content (AvgIpc) is 2.99. The Morgan fingerprint density at radius 1 is 0.614 bits per heavy atom. The standard InChI is InChI=1S/C35H40O7S2/c1-25-11-15-32(16-12-25)43(36,37)41-21-19-31(20-22-42-44(38,39)33-17-13-26(2)14-18-33)34-23-27(3)28(4)29(5)35(34)40-24-30-9-7-6-8-10-30/h6-18,23,31H,19-22,24H2,1-5H3. The van der Waals surface area contributed by atoms with Gasteiger partial charge in [-0.3, -0.25) is 8.37 Å². The smallest absolute Gasteiger partial charge is 0.296 e. The van der Waals surface area contributed by atoms with E-state index in [0.717, 1.165) is 38.9 Å². The van der Waals surface area contributed by atoms with Crippen LogP contribution < -0.4 is 4.74 Å². The lowest BCUT2D eigenvalue weighted by Gasteiger charge is -2.24. The first-order chi connectivity index (χ1) is 20.9. The van der Waals surface area contributed by atoms with E-state index in [1.165, 1.54) is 24.3 Å². The minimum Gasteiger partial charge on any atom is -0.488 e. The molecule has 7 nitrogen and oxygen atoms in total. The predicted molar refractivity (Wildman–Crippen MR) is 172 cm³/mol. The molecule has 4 aromatic carbocycles. The van der Waals surface area contributed by atoms with Crippen molar-refractivity contribution in [3.8, 4) is 5.75 Å². The number of benzene rings is 4. The summed E-state index contributed by atoms with van der Waals surface area (Å²) < 4.78 is 69.0. The Labute approximate surface area is 262 Å². The summed E-state index contributed by atoms with van der Waals surface area (Å²) in [4.78, 5) is 0.169. The van der Waals surface area contributed by atoms with Crippen LogP contribution in [0.25, 0.3) is 0 Å². The van der Waals surface area contributed by atoms with Gasteiger partial charge in [0.25, 0.3) is 20.2 Å². The maximum Gasteiger partial charge on any atom is 0.296 e. The lowest BCUT2D eigenvalue weighted by molar-refractivity contribution is 0.261. The van der Waals surface area contributed by atoms with Crippen LogP contribution in [0.4, 0.5) is 0 Å². The largest absolute Gasteiger partial charge is 0.488 e. The van der Waals surface area contributed by atoms with Crippen molar-refractivity contribution in [1.29, 1.82) is 0 Å². The van der Waals surface area contributed by atoms with Gasteiger partial charge in [-0.1, -0.05) is 71.8 Å². The van der Waals surface area contributed by atoms with Crippen LogP contribution >= 0.6 is 0 Å². The zero-order chi connectivity index (χ0) is 31.9. The second-order valence-electron chi connectivity index (χ2n) is 11.1. The van der Waals surface area contributed by atoms with Gasteiger partial charge in [-0.2, -0.15) is 16.8 Å². The van der Waals surface area contributed by atoms with Crippen molar-refractivity contribution in [2.75, 3.05) is 13.2 Å². The molecule has 0 saturated heterocycles. The molecule has 0 N–H and O–H groups in total. The molecule has 44 heavy (non-hydrogen) atoms. The van der Waals surface area contributed by atoms with E-state index < -0.39 is 20.2 Å². The van der Waals surface area contributed by atoms with Crippen LogP contribution in [0.2, 0.25) is 0 Å². The number of aryl methyl sites for hydroxylation is 3. The van der Waals surface area contributed by atoms with Crippen LogP contribution in [0.15, 0.2) is 94.7 Å². The average molecular weight is 637 g/mol. The van der Waals surface area contributed by atoms with Crippen molar-refractivity contribution >= 4 is 20.2 Å². The molecule has 0 saturated carbocycles. The van der Waals surface area contributed by atoms with Gasteiger partial charge < -0.3 is 4.74 Å². The number of ether oxygens (including phenoxy) is 1. The van der Waals surface area contributed by atoms with E-state index in [-0.39, 0.29) is 28.9 Å². The lowest BCUT2D eigenvalue weighted by Crippen LogP contribution is -2.15. The summed E-state index contributed by atoms with van der Waals surface area (Å²) in [5.41, 5.74) is 6.86. The highest BCUT2D eigenvalue weighted by atomic mass is 32.2. The summed E-state index contributed by atoms with van der Waals surface area (Å²) >= 11 is 0. The molecule has 0 fully saturated rings. The van der Waals surface area contributed by atoms with E-state index in [4.69, 9.17) is 13.1 Å². The quantitative estimate of drug-likeness (QED) is 0.132. The van der Waals surface area contributed by atoms with Crippen LogP contribution in [-0.4, -0.2) is 30.0 Å². The molecule has 0 aliphatic carbocycles. The van der Waals surface area contributed by atoms with Gasteiger partial charge in [-0.05, 0) is 105 Å². The topological polar surface area (TPSA) is 96.0 Å². The first kappa shape index (κ1) is 33.4. The molecule has 0 bridgehead atoms. The minimum absolute atomic E-state index is 0.0843. The van der Waals surface area contributed by atoms with Crippen molar-refractivity contribution in [3.63, 3.8) is 0 Å². The van der Waals surface area contributed by atoms with Gasteiger partial charge >= 0.3 is 0 Å². The van der Waals surface area contributed by atoms with Gasteiger partial charge in [0.15, 0.2) is 0 Å². The van der Waals surface area contributed by atoms with Crippen LogP contribution in [-0.2, 0) is 35.2 Å². The van der Waals surface area contributed by atoms with E-state index in [9.17, 15) is 16.8 Å². The second kappa shape index (κ2) is 14.5. The first-order valence-corrected chi connectivity index (χ1v) is 17.4. The molecule has 0 unspecified atom stereocenters. The Bertz CT molecular complexity index is 1680. The zero-order valence-electron chi connectivity index (χ0n) is 25.9. The molecular weight excluding hydrogens is 597 g/mol. The molecule has 0 spiro atoms. The van der Waals surface area contributed by atoms with Crippen LogP contribution in [0.1, 0.15) is 57.7 Å². The van der Waals surface area contributed by atoms with E-state index in [2.05, 4.69) is 0 Å². The molecule has 4 rings (SSSR count). The molecule has 0 aliphatic rings. The summed E-state index contributed by atoms with van der Waals surface area (Å²) in [6.45, 7) is 9.96. The summed E-state index contributed by atoms with van der Waals surface area (Å²) in [5.74, 6) is 0.380. The van der Waals surface area contributed by atoms with Crippen molar-refractivity contribution in [3.05, 3.63) is 124 Å². The number of hydrogen-bond acceptors (Lipinski definition) is 7. The van der Waals surface area contributed by atoms with Crippen LogP contribution in [0.3, 0.4) is 0 Å². The lowest BCUT2D eigenvalue weighted by atomic mass is 9.87. The second-order valence-corrected chi connectivity index (χ2v) is 14.3. The number of hydrogen-bond donors (Lipinski definition) is 0. The highest BCUT2D eigenvalue weighted by molar-refractivity contribution is 7.87. The molecule has 4 aromatic rings. The molecule has 234 valence electrons. The van der Waals surface area contributed by atoms with E-state index in [0.29, 0.717) is 25.2 Å². The van der Waals surface area contributed by atoms with Gasteiger partial charge in [0.05, 0.1) is 23.0 Å². The first-order valence-electron chi connectivity index (χ1n) is 14.6. The monoisotopic (exact) mass is 636 g/mol. The molecule has 0 amide bonds. The van der Waals surface area contributed by atoms with Gasteiger partial charge in [-0.15, -0.1) is 0 Å². The molecule has 9 heteroatoms. The molecule has 0 aliphatic heterocycles. The van der Waals surface area contributed by atoms with Crippen LogP contribution in [0.5, 0.6) is 5.75 Å². The van der Waals surface area contributed by atoms with Gasteiger partial charge in [-0.25, -0.2) is 0 Å². The Hall–Kier alpha value is -3.50. The SMILES string of the molecule is Cc1ccc(S(=O)(=O)OCCC(CCOS(=O)(=O)c2ccc(C)cc2)c2cc(C)c(C)c(C)c2OCc2ccccc2)cc1. The Morgan fingerprint density at radius 3 is 1.57 bits per heavy atom. The minimum atomic E-state index is -3.98. The van der Waals surface area contributed by atoms with Crippen molar-refractivity contribution in [1.82, 2.24) is 0 Å². The number of rotatable bonds is 14. The van der Waals surface area contributed by atoms with Crippen molar-refractivity contribution < 1.29 is 29.9 Å². The van der Waals surface area contributed by atoms with Gasteiger partial charge in [0.1, 0.15) is 12.4 Å². The molecular formula is C35H40O7S2. The summed E-state index contributed by atoms with van der Waals surface area (Å²) in [7, 11) is -7.95. The highest BCUT2D eigenvalue weighted by Gasteiger charge is 2.24. The molecule has 0 radical (unpaired) electrons. The van der Waals surface area contributed by atoms with Crippen molar-refractivity contribution in [2.24, 2.45) is 0 Å². The van der Waals surface area contributed by atoms with E-state index >= 15 is 0 Å². The fraction of sp³-hybridized carbons (Fsp3) is 0.314. The summed E-state index contributed by atoms with van der Waals surface area (Å²) in [5, 5.41) is 0. The molecule has 0 heterocycles. The van der Waals surface area contributed by atoms with Gasteiger partial charge in [0, 0.05) is 0 Å². The normalized spacial score (nSPS) is 12.0. The van der Waals surface area contributed by atoms with Crippen LogP contribution in [0, 0.1) is 34.6 Å². The van der Waals surface area contributed by atoms with E-state index in [1.807, 2.05) is 71.0 Å². The highest BCUT2D eigenvalue weighted by Crippen LogP contribution is 2.38. The Balaban J connectivity index is 1.60. The maximum absolute atomic E-state index is 12.9. The maximum atomic E-state index is 12.9. The molecule has 0 atom stereocenters. The third-order valence-electron chi connectivity index (χ3n) is 7.82. The van der Waals surface area contributed by atoms with Gasteiger partial charge in [0.2, 0.25) is 0 Å². The fourth-order valence-corrected chi connectivity index (χ4v) is 6.76. The third-order valence-corrected chi connectivity index (χ3v) is 10.5. The van der Waals surface area contributed by atoms with Crippen molar-refractivity contribution in [2.45, 2.75) is 69.8 Å². The fourth-order valence-electron chi connectivity index (χ4n) is 4.92. The Kier molecular flexibility index (Phi) is 11.0. The molecule has 0 aromatic heterocycles. The zero-order valence-corrected chi connectivity index (χ0v) is 27.5. The Morgan fingerprint density at radius 2 is 1.09 bits per heavy atom. The predicted octanol–water partition coefficient (Wildman–Crippen LogP) is 7.48. The van der Waals surface area contributed by atoms with E-state index in [1.54, 1.807) is 24.3 Å². The third kappa shape index (κ3) is 8.57.